The van der Waals surface area contributed by atoms with Crippen molar-refractivity contribution >= 4 is 5.91 Å². The molecule has 1 fully saturated rings. The van der Waals surface area contributed by atoms with Crippen LogP contribution in [-0.4, -0.2) is 29.6 Å². The van der Waals surface area contributed by atoms with E-state index in [1.54, 1.807) is 6.20 Å². The highest BCUT2D eigenvalue weighted by Crippen LogP contribution is 2.17. The summed E-state index contributed by atoms with van der Waals surface area (Å²) < 4.78 is 5.22. The maximum atomic E-state index is 12.0. The van der Waals surface area contributed by atoms with E-state index < -0.39 is 5.54 Å². The molecule has 0 aliphatic carbocycles. The lowest BCUT2D eigenvalue weighted by atomic mass is 9.90. The van der Waals surface area contributed by atoms with Gasteiger partial charge in [0.1, 0.15) is 0 Å². The number of pyridine rings is 1. The highest BCUT2D eigenvalue weighted by atomic mass is 16.5. The fraction of sp³-hybridized carbons (Fsp3) is 0.538. The molecule has 1 saturated heterocycles. The molecule has 1 aliphatic rings. The van der Waals surface area contributed by atoms with Gasteiger partial charge in [-0.15, -0.1) is 0 Å². The number of ether oxygens (including phenoxy) is 1. The van der Waals surface area contributed by atoms with Crippen LogP contribution in [0.3, 0.4) is 0 Å². The topological polar surface area (TPSA) is 77.2 Å². The maximum Gasteiger partial charge on any atom is 0.240 e. The van der Waals surface area contributed by atoms with Crippen LogP contribution in [0.5, 0.6) is 0 Å². The summed E-state index contributed by atoms with van der Waals surface area (Å²) in [5.41, 5.74) is 7.24. The molecule has 1 aliphatic heterocycles. The molecule has 1 amide bonds. The molecule has 18 heavy (non-hydrogen) atoms. The minimum atomic E-state index is -0.781. The van der Waals surface area contributed by atoms with E-state index in [2.05, 4.69) is 10.3 Å². The van der Waals surface area contributed by atoms with Crippen molar-refractivity contribution in [2.24, 2.45) is 5.73 Å². The number of hydrogen-bond acceptors (Lipinski definition) is 4. The van der Waals surface area contributed by atoms with Crippen LogP contribution in [0.1, 0.15) is 24.1 Å². The quantitative estimate of drug-likeness (QED) is 0.818. The van der Waals surface area contributed by atoms with Gasteiger partial charge in [-0.3, -0.25) is 9.78 Å². The van der Waals surface area contributed by atoms with Crippen LogP contribution in [0, 0.1) is 6.92 Å². The van der Waals surface area contributed by atoms with Gasteiger partial charge in [-0.05, 0) is 31.4 Å². The normalized spacial score (nSPS) is 18.3. The van der Waals surface area contributed by atoms with Crippen LogP contribution >= 0.6 is 0 Å². The van der Waals surface area contributed by atoms with Gasteiger partial charge < -0.3 is 15.8 Å². The number of hydrogen-bond donors (Lipinski definition) is 2. The van der Waals surface area contributed by atoms with Crippen molar-refractivity contribution in [2.75, 3.05) is 13.2 Å². The minimum Gasteiger partial charge on any atom is -0.381 e. The first kappa shape index (κ1) is 13.0. The van der Waals surface area contributed by atoms with E-state index in [1.165, 1.54) is 0 Å². The fourth-order valence-electron chi connectivity index (χ4n) is 1.92. The highest BCUT2D eigenvalue weighted by Gasteiger charge is 2.35. The Hall–Kier alpha value is -1.46. The molecule has 0 radical (unpaired) electrons. The SMILES string of the molecule is Cc1ccc(CNC(=O)C2(N)CCOCC2)cn1. The predicted octanol–water partition coefficient (Wildman–Crippen LogP) is 0.514. The summed E-state index contributed by atoms with van der Waals surface area (Å²) in [5, 5.41) is 2.87. The number of rotatable bonds is 3. The van der Waals surface area contributed by atoms with Gasteiger partial charge in [-0.25, -0.2) is 0 Å². The molecule has 5 nitrogen and oxygen atoms in total. The van der Waals surface area contributed by atoms with Crippen molar-refractivity contribution in [3.63, 3.8) is 0 Å². The largest absolute Gasteiger partial charge is 0.381 e. The molecule has 0 unspecified atom stereocenters. The van der Waals surface area contributed by atoms with Crippen molar-refractivity contribution in [3.8, 4) is 0 Å². The second kappa shape index (κ2) is 5.46. The van der Waals surface area contributed by atoms with Crippen molar-refractivity contribution in [1.82, 2.24) is 10.3 Å². The third-order valence-electron chi connectivity index (χ3n) is 3.26. The molecule has 5 heteroatoms. The first-order valence-corrected chi connectivity index (χ1v) is 6.17. The Morgan fingerprint density at radius 1 is 1.50 bits per heavy atom. The molecule has 2 rings (SSSR count). The van der Waals surface area contributed by atoms with Crippen molar-refractivity contribution in [2.45, 2.75) is 31.8 Å². The molecule has 3 N–H and O–H groups in total. The van der Waals surface area contributed by atoms with Gasteiger partial charge in [0.15, 0.2) is 0 Å². The summed E-state index contributed by atoms with van der Waals surface area (Å²) in [6.07, 6.45) is 2.92. The van der Waals surface area contributed by atoms with E-state index in [4.69, 9.17) is 10.5 Å². The standard InChI is InChI=1S/C13H19N3O2/c1-10-2-3-11(8-15-10)9-16-12(17)13(14)4-6-18-7-5-13/h2-3,8H,4-7,9,14H2,1H3,(H,16,17). The van der Waals surface area contributed by atoms with E-state index in [0.717, 1.165) is 11.3 Å². The second-order valence-electron chi connectivity index (χ2n) is 4.76. The predicted molar refractivity (Wildman–Crippen MR) is 67.8 cm³/mol. The summed E-state index contributed by atoms with van der Waals surface area (Å²) in [4.78, 5) is 16.2. The average molecular weight is 249 g/mol. The molecular weight excluding hydrogens is 230 g/mol. The van der Waals surface area contributed by atoms with Gasteiger partial charge in [0.2, 0.25) is 5.91 Å². The zero-order valence-electron chi connectivity index (χ0n) is 10.6. The van der Waals surface area contributed by atoms with Gasteiger partial charge in [0.05, 0.1) is 5.54 Å². The summed E-state index contributed by atoms with van der Waals surface area (Å²) >= 11 is 0. The number of nitrogens with one attached hydrogen (secondary N) is 1. The maximum absolute atomic E-state index is 12.0. The fourth-order valence-corrected chi connectivity index (χ4v) is 1.92. The molecule has 1 aromatic rings. The Balaban J connectivity index is 1.89. The Bertz CT molecular complexity index is 411. The molecule has 2 heterocycles. The van der Waals surface area contributed by atoms with Crippen LogP contribution in [0.2, 0.25) is 0 Å². The Kier molecular flexibility index (Phi) is 3.93. The number of amides is 1. The van der Waals surface area contributed by atoms with Crippen LogP contribution < -0.4 is 11.1 Å². The molecule has 1 aromatic heterocycles. The van der Waals surface area contributed by atoms with Crippen molar-refractivity contribution < 1.29 is 9.53 Å². The first-order chi connectivity index (χ1) is 8.60. The molecular formula is C13H19N3O2. The Morgan fingerprint density at radius 2 is 2.22 bits per heavy atom. The van der Waals surface area contributed by atoms with Gasteiger partial charge in [0, 0.05) is 31.6 Å². The molecule has 0 bridgehead atoms. The first-order valence-electron chi connectivity index (χ1n) is 6.17. The van der Waals surface area contributed by atoms with Gasteiger partial charge in [-0.1, -0.05) is 6.07 Å². The van der Waals surface area contributed by atoms with Gasteiger partial charge >= 0.3 is 0 Å². The molecule has 98 valence electrons. The second-order valence-corrected chi connectivity index (χ2v) is 4.76. The van der Waals surface area contributed by atoms with Crippen molar-refractivity contribution in [1.29, 1.82) is 0 Å². The highest BCUT2D eigenvalue weighted by molar-refractivity contribution is 5.86. The summed E-state index contributed by atoms with van der Waals surface area (Å²) in [6.45, 7) is 3.50. The van der Waals surface area contributed by atoms with Crippen LogP contribution in [0.4, 0.5) is 0 Å². The number of carbonyl (C=O) groups excluding carboxylic acids is 1. The third kappa shape index (κ3) is 3.05. The van der Waals surface area contributed by atoms with E-state index in [1.807, 2.05) is 19.1 Å². The molecule has 0 atom stereocenters. The number of carbonyl (C=O) groups is 1. The lowest BCUT2D eigenvalue weighted by Gasteiger charge is -2.31. The van der Waals surface area contributed by atoms with Crippen molar-refractivity contribution in [3.05, 3.63) is 29.6 Å². The monoisotopic (exact) mass is 249 g/mol. The zero-order chi connectivity index (χ0) is 13.0. The Labute approximate surface area is 107 Å². The molecule has 0 aromatic carbocycles. The molecule has 0 saturated carbocycles. The number of aryl methyl sites for hydroxylation is 1. The summed E-state index contributed by atoms with van der Waals surface area (Å²) in [6, 6.07) is 3.88. The summed E-state index contributed by atoms with van der Waals surface area (Å²) in [7, 11) is 0. The smallest absolute Gasteiger partial charge is 0.240 e. The Morgan fingerprint density at radius 3 is 2.83 bits per heavy atom. The van der Waals surface area contributed by atoms with Crippen LogP contribution in [0.25, 0.3) is 0 Å². The summed E-state index contributed by atoms with van der Waals surface area (Å²) in [5.74, 6) is -0.105. The van der Waals surface area contributed by atoms with E-state index in [9.17, 15) is 4.79 Å². The lowest BCUT2D eigenvalue weighted by Crippen LogP contribution is -2.56. The van der Waals surface area contributed by atoms with E-state index in [-0.39, 0.29) is 5.91 Å². The van der Waals surface area contributed by atoms with Crippen LogP contribution in [0.15, 0.2) is 18.3 Å². The minimum absolute atomic E-state index is 0.105. The lowest BCUT2D eigenvalue weighted by molar-refractivity contribution is -0.129. The number of nitrogens with two attached hydrogens (primary N) is 1. The number of nitrogens with zero attached hydrogens (tertiary/aromatic N) is 1. The molecule has 0 spiro atoms. The number of aromatic nitrogens is 1. The van der Waals surface area contributed by atoms with E-state index >= 15 is 0 Å². The van der Waals surface area contributed by atoms with Gasteiger partial charge in [-0.2, -0.15) is 0 Å². The third-order valence-corrected chi connectivity index (χ3v) is 3.26. The van der Waals surface area contributed by atoms with Crippen LogP contribution in [-0.2, 0) is 16.1 Å². The van der Waals surface area contributed by atoms with E-state index in [0.29, 0.717) is 32.6 Å². The zero-order valence-corrected chi connectivity index (χ0v) is 10.6. The van der Waals surface area contributed by atoms with Gasteiger partial charge in [0.25, 0.3) is 0 Å². The average Bonchev–Trinajstić information content (AvgIpc) is 2.38.